The second-order valence-electron chi connectivity index (χ2n) is 6.24. The van der Waals surface area contributed by atoms with Crippen LogP contribution in [0.1, 0.15) is 10.5 Å². The lowest BCUT2D eigenvalue weighted by molar-refractivity contribution is -0.119. The van der Waals surface area contributed by atoms with Crippen LogP contribution in [-0.2, 0) is 4.79 Å². The van der Waals surface area contributed by atoms with Gasteiger partial charge in [0.15, 0.2) is 11.5 Å². The number of aromatic nitrogens is 3. The molecule has 0 atom stereocenters. The molecule has 0 radical (unpaired) electrons. The number of nitrogens with one attached hydrogen (secondary N) is 1. The van der Waals surface area contributed by atoms with Crippen molar-refractivity contribution in [3.8, 4) is 0 Å². The molecule has 136 valence electrons. The Hall–Kier alpha value is -3.55. The van der Waals surface area contributed by atoms with Gasteiger partial charge in [-0.05, 0) is 24.3 Å². The Bertz CT molecular complexity index is 962. The van der Waals surface area contributed by atoms with Crippen molar-refractivity contribution in [2.75, 3.05) is 31.5 Å². The zero-order valence-corrected chi connectivity index (χ0v) is 14.6. The molecule has 0 bridgehead atoms. The smallest absolute Gasteiger partial charge is 0.274 e. The fourth-order valence-corrected chi connectivity index (χ4v) is 3.05. The molecular weight excluding hydrogens is 344 g/mol. The van der Waals surface area contributed by atoms with E-state index in [4.69, 9.17) is 0 Å². The molecule has 1 aliphatic heterocycles. The maximum absolute atomic E-state index is 12.5. The lowest BCUT2D eigenvalue weighted by Crippen LogP contribution is -2.48. The number of amides is 2. The molecule has 0 unspecified atom stereocenters. The van der Waals surface area contributed by atoms with Crippen molar-refractivity contribution in [2.24, 2.45) is 0 Å². The summed E-state index contributed by atoms with van der Waals surface area (Å²) in [5.74, 6) is 0.363. The highest BCUT2D eigenvalue weighted by Gasteiger charge is 2.22. The molecule has 0 aliphatic carbocycles. The highest BCUT2D eigenvalue weighted by molar-refractivity contribution is 5.93. The molecule has 8 heteroatoms. The first-order chi connectivity index (χ1) is 13.2. The van der Waals surface area contributed by atoms with E-state index in [1.807, 2.05) is 30.3 Å². The summed E-state index contributed by atoms with van der Waals surface area (Å²) in [6, 6.07) is 13.1. The zero-order chi connectivity index (χ0) is 18.6. The van der Waals surface area contributed by atoms with E-state index >= 15 is 0 Å². The van der Waals surface area contributed by atoms with Gasteiger partial charge in [0.25, 0.3) is 5.91 Å². The quantitative estimate of drug-likeness (QED) is 0.710. The number of hydrogen-bond acceptors (Lipinski definition) is 6. The molecule has 27 heavy (non-hydrogen) atoms. The Morgan fingerprint density at radius 1 is 1.00 bits per heavy atom. The van der Waals surface area contributed by atoms with Crippen molar-refractivity contribution in [3.63, 3.8) is 0 Å². The average Bonchev–Trinajstić information content (AvgIpc) is 2.74. The summed E-state index contributed by atoms with van der Waals surface area (Å²) in [7, 11) is 0. The van der Waals surface area contributed by atoms with Crippen molar-refractivity contribution in [2.45, 2.75) is 0 Å². The van der Waals surface area contributed by atoms with Crippen LogP contribution >= 0.6 is 0 Å². The van der Waals surface area contributed by atoms with Gasteiger partial charge in [-0.25, -0.2) is 0 Å². The minimum absolute atomic E-state index is 0.175. The van der Waals surface area contributed by atoms with E-state index in [1.165, 1.54) is 0 Å². The molecule has 1 aliphatic rings. The van der Waals surface area contributed by atoms with E-state index in [9.17, 15) is 9.59 Å². The van der Waals surface area contributed by atoms with E-state index in [-0.39, 0.29) is 11.6 Å². The molecule has 3 aromatic rings. The van der Waals surface area contributed by atoms with E-state index in [0.29, 0.717) is 32.0 Å². The summed E-state index contributed by atoms with van der Waals surface area (Å²) in [4.78, 5) is 31.0. The van der Waals surface area contributed by atoms with Crippen LogP contribution in [0.4, 0.5) is 11.5 Å². The predicted molar refractivity (Wildman–Crippen MR) is 101 cm³/mol. The number of carbonyl (C=O) groups is 2. The summed E-state index contributed by atoms with van der Waals surface area (Å²) in [6.07, 6.45) is 2.55. The fraction of sp³-hybridized carbons (Fsp3) is 0.211. The molecule has 0 saturated carbocycles. The van der Waals surface area contributed by atoms with Crippen LogP contribution in [-0.4, -0.2) is 63.5 Å². The molecule has 0 spiro atoms. The van der Waals surface area contributed by atoms with Crippen molar-refractivity contribution in [1.82, 2.24) is 25.0 Å². The second kappa shape index (κ2) is 7.36. The SMILES string of the molecule is O=CN1CCN(C(=O)c2ccc(Nc3cccc4cccnc34)nn2)CC1. The summed E-state index contributed by atoms with van der Waals surface area (Å²) in [5.41, 5.74) is 1.96. The maximum Gasteiger partial charge on any atom is 0.274 e. The number of anilines is 2. The van der Waals surface area contributed by atoms with Gasteiger partial charge in [0.05, 0.1) is 11.2 Å². The van der Waals surface area contributed by atoms with Crippen molar-refractivity contribution in [3.05, 3.63) is 54.4 Å². The molecule has 1 N–H and O–H groups in total. The van der Waals surface area contributed by atoms with Crippen LogP contribution in [0.5, 0.6) is 0 Å². The number of para-hydroxylation sites is 1. The minimum atomic E-state index is -0.175. The molecular formula is C19H18N6O2. The second-order valence-corrected chi connectivity index (χ2v) is 6.24. The fourth-order valence-electron chi connectivity index (χ4n) is 3.05. The molecule has 3 heterocycles. The van der Waals surface area contributed by atoms with Gasteiger partial charge in [0, 0.05) is 37.8 Å². The number of piperazine rings is 1. The molecule has 4 rings (SSSR count). The number of carbonyl (C=O) groups excluding carboxylic acids is 2. The van der Waals surface area contributed by atoms with Crippen LogP contribution in [0.25, 0.3) is 10.9 Å². The van der Waals surface area contributed by atoms with E-state index in [2.05, 4.69) is 20.5 Å². The minimum Gasteiger partial charge on any atom is -0.342 e. The van der Waals surface area contributed by atoms with Crippen molar-refractivity contribution < 1.29 is 9.59 Å². The highest BCUT2D eigenvalue weighted by Crippen LogP contribution is 2.23. The molecule has 1 fully saturated rings. The van der Waals surface area contributed by atoms with Gasteiger partial charge in [-0.3, -0.25) is 14.6 Å². The van der Waals surface area contributed by atoms with Crippen LogP contribution < -0.4 is 5.32 Å². The van der Waals surface area contributed by atoms with Crippen molar-refractivity contribution in [1.29, 1.82) is 0 Å². The molecule has 8 nitrogen and oxygen atoms in total. The predicted octanol–water partition coefficient (Wildman–Crippen LogP) is 1.68. The van der Waals surface area contributed by atoms with Crippen LogP contribution in [0, 0.1) is 0 Å². The Kier molecular flexibility index (Phi) is 4.61. The third-order valence-electron chi connectivity index (χ3n) is 4.53. The summed E-state index contributed by atoms with van der Waals surface area (Å²) < 4.78 is 0. The summed E-state index contributed by atoms with van der Waals surface area (Å²) in [6.45, 7) is 2.08. The van der Waals surface area contributed by atoms with E-state index in [1.54, 1.807) is 28.1 Å². The monoisotopic (exact) mass is 362 g/mol. The van der Waals surface area contributed by atoms with Gasteiger partial charge in [-0.1, -0.05) is 18.2 Å². The van der Waals surface area contributed by atoms with Crippen LogP contribution in [0.3, 0.4) is 0 Å². The van der Waals surface area contributed by atoms with Gasteiger partial charge in [-0.15, -0.1) is 10.2 Å². The van der Waals surface area contributed by atoms with Gasteiger partial charge < -0.3 is 15.1 Å². The Morgan fingerprint density at radius 2 is 1.81 bits per heavy atom. The van der Waals surface area contributed by atoms with Gasteiger partial charge in [0.1, 0.15) is 0 Å². The Morgan fingerprint density at radius 3 is 2.56 bits per heavy atom. The Balaban J connectivity index is 1.47. The zero-order valence-electron chi connectivity index (χ0n) is 14.6. The van der Waals surface area contributed by atoms with Gasteiger partial charge in [-0.2, -0.15) is 0 Å². The highest BCUT2D eigenvalue weighted by atomic mass is 16.2. The molecule has 2 amide bonds. The number of hydrogen-bond donors (Lipinski definition) is 1. The first-order valence-corrected chi connectivity index (χ1v) is 8.68. The lowest BCUT2D eigenvalue weighted by Gasteiger charge is -2.32. The largest absolute Gasteiger partial charge is 0.342 e. The first-order valence-electron chi connectivity index (χ1n) is 8.68. The number of fused-ring (bicyclic) bond motifs is 1. The van der Waals surface area contributed by atoms with E-state index < -0.39 is 0 Å². The van der Waals surface area contributed by atoms with Gasteiger partial charge in [0.2, 0.25) is 6.41 Å². The number of benzene rings is 1. The first kappa shape index (κ1) is 16.9. The average molecular weight is 362 g/mol. The van der Waals surface area contributed by atoms with Crippen LogP contribution in [0.15, 0.2) is 48.7 Å². The van der Waals surface area contributed by atoms with Crippen LogP contribution in [0.2, 0.25) is 0 Å². The molecule has 1 aromatic carbocycles. The number of rotatable bonds is 4. The third-order valence-corrected chi connectivity index (χ3v) is 4.53. The summed E-state index contributed by atoms with van der Waals surface area (Å²) >= 11 is 0. The van der Waals surface area contributed by atoms with E-state index in [0.717, 1.165) is 23.0 Å². The maximum atomic E-state index is 12.5. The topological polar surface area (TPSA) is 91.3 Å². The Labute approximate surface area is 155 Å². The summed E-state index contributed by atoms with van der Waals surface area (Å²) in [5, 5.41) is 12.4. The van der Waals surface area contributed by atoms with Crippen molar-refractivity contribution >= 4 is 34.7 Å². The lowest BCUT2D eigenvalue weighted by atomic mass is 10.2. The normalized spacial score (nSPS) is 14.2. The number of pyridine rings is 1. The standard InChI is InChI=1S/C19H18N6O2/c26-13-24-9-11-25(12-10-24)19(27)16-6-7-17(23-22-16)21-15-5-1-3-14-4-2-8-20-18(14)15/h1-8,13H,9-12H2,(H,21,23). The number of nitrogens with zero attached hydrogens (tertiary/aromatic N) is 5. The van der Waals surface area contributed by atoms with Gasteiger partial charge >= 0.3 is 0 Å². The molecule has 2 aromatic heterocycles. The third kappa shape index (κ3) is 3.55. The molecule has 1 saturated heterocycles.